The van der Waals surface area contributed by atoms with E-state index < -0.39 is 21.8 Å². The molecule has 2 heterocycles. The second kappa shape index (κ2) is 10.9. The number of rotatable bonds is 8. The summed E-state index contributed by atoms with van der Waals surface area (Å²) in [6, 6.07) is 17.0. The minimum absolute atomic E-state index is 0.00233. The predicted molar refractivity (Wildman–Crippen MR) is 156 cm³/mol. The summed E-state index contributed by atoms with van der Waals surface area (Å²) in [5.74, 6) is -0.586. The van der Waals surface area contributed by atoms with E-state index in [1.165, 1.54) is 17.0 Å². The Morgan fingerprint density at radius 1 is 0.951 bits per heavy atom. The first kappa shape index (κ1) is 28.2. The van der Waals surface area contributed by atoms with Crippen LogP contribution in [0.2, 0.25) is 0 Å². The molecule has 10 heteroatoms. The first-order valence-electron chi connectivity index (χ1n) is 13.4. The van der Waals surface area contributed by atoms with Gasteiger partial charge in [0.05, 0.1) is 10.8 Å². The Kier molecular flexibility index (Phi) is 7.52. The van der Waals surface area contributed by atoms with Crippen LogP contribution in [0.15, 0.2) is 71.8 Å². The van der Waals surface area contributed by atoms with Crippen molar-refractivity contribution in [2.24, 2.45) is 0 Å². The van der Waals surface area contributed by atoms with Gasteiger partial charge in [-0.1, -0.05) is 38.1 Å². The van der Waals surface area contributed by atoms with E-state index in [1.807, 2.05) is 31.5 Å². The highest BCUT2D eigenvalue weighted by molar-refractivity contribution is 7.90. The van der Waals surface area contributed by atoms with Crippen molar-refractivity contribution in [3.63, 3.8) is 0 Å². The van der Waals surface area contributed by atoms with Gasteiger partial charge in [-0.3, -0.25) is 9.59 Å². The Bertz CT molecular complexity index is 1740. The second-order valence-corrected chi connectivity index (χ2v) is 12.2. The number of carbonyl (C=O) groups excluding carboxylic acids is 2. The Morgan fingerprint density at radius 2 is 1.63 bits per heavy atom. The third kappa shape index (κ3) is 5.39. The fourth-order valence-corrected chi connectivity index (χ4v) is 6.05. The Balaban J connectivity index is 1.61. The molecule has 1 aliphatic heterocycles. The summed E-state index contributed by atoms with van der Waals surface area (Å²) in [7, 11) is -0.790. The number of amides is 2. The summed E-state index contributed by atoms with van der Waals surface area (Å²) in [4.78, 5) is 28.2. The van der Waals surface area contributed by atoms with Crippen molar-refractivity contribution in [3.8, 4) is 11.5 Å². The van der Waals surface area contributed by atoms with E-state index in [0.717, 1.165) is 16.5 Å². The lowest BCUT2D eigenvalue weighted by atomic mass is 9.90. The van der Waals surface area contributed by atoms with Gasteiger partial charge in [0.2, 0.25) is 12.7 Å². The van der Waals surface area contributed by atoms with Gasteiger partial charge in [0.25, 0.3) is 15.9 Å². The summed E-state index contributed by atoms with van der Waals surface area (Å²) in [5, 5.41) is 0.735. The van der Waals surface area contributed by atoms with E-state index in [-0.39, 0.29) is 23.5 Å². The first-order valence-corrected chi connectivity index (χ1v) is 14.9. The highest BCUT2D eigenvalue weighted by Gasteiger charge is 2.32. The fraction of sp³-hybridized carbons (Fsp3) is 0.290. The van der Waals surface area contributed by atoms with Crippen LogP contribution in [0.1, 0.15) is 59.7 Å². The topological polar surface area (TPSA) is 107 Å². The normalized spacial score (nSPS) is 13.4. The molecule has 4 aromatic rings. The quantitative estimate of drug-likeness (QED) is 0.322. The molecule has 5 rings (SSSR count). The molecule has 0 bridgehead atoms. The number of benzene rings is 3. The molecule has 41 heavy (non-hydrogen) atoms. The zero-order valence-corrected chi connectivity index (χ0v) is 24.5. The zero-order valence-electron chi connectivity index (χ0n) is 23.7. The van der Waals surface area contributed by atoms with Crippen molar-refractivity contribution in [3.05, 3.63) is 89.1 Å². The SMILES string of the molecule is CCn1cc(C(C(=O)NS(=O)(=O)c2ccc(C(C)C)cc2)c2ccc3c(c2)OCO3)c2ccc(C(=O)N(C)C)cc21. The third-order valence-corrected chi connectivity index (χ3v) is 8.66. The monoisotopic (exact) mass is 575 g/mol. The van der Waals surface area contributed by atoms with Crippen LogP contribution < -0.4 is 14.2 Å². The van der Waals surface area contributed by atoms with E-state index >= 15 is 0 Å². The highest BCUT2D eigenvalue weighted by Crippen LogP contribution is 2.39. The smallest absolute Gasteiger partial charge is 0.264 e. The molecule has 214 valence electrons. The summed E-state index contributed by atoms with van der Waals surface area (Å²) < 4.78 is 42.0. The van der Waals surface area contributed by atoms with E-state index in [2.05, 4.69) is 4.72 Å². The van der Waals surface area contributed by atoms with Gasteiger partial charge in [0.1, 0.15) is 0 Å². The number of nitrogens with one attached hydrogen (secondary N) is 1. The van der Waals surface area contributed by atoms with Crippen molar-refractivity contribution in [2.45, 2.75) is 44.0 Å². The summed E-state index contributed by atoms with van der Waals surface area (Å²) >= 11 is 0. The molecule has 0 aliphatic carbocycles. The summed E-state index contributed by atoms with van der Waals surface area (Å²) in [5.41, 5.74) is 3.42. The number of ether oxygens (including phenoxy) is 2. The Morgan fingerprint density at radius 3 is 2.29 bits per heavy atom. The van der Waals surface area contributed by atoms with Gasteiger partial charge in [-0.25, -0.2) is 13.1 Å². The van der Waals surface area contributed by atoms with Crippen LogP contribution in [0.5, 0.6) is 11.5 Å². The summed E-state index contributed by atoms with van der Waals surface area (Å²) in [6.07, 6.45) is 1.84. The van der Waals surface area contributed by atoms with E-state index in [0.29, 0.717) is 34.7 Å². The molecule has 3 aromatic carbocycles. The van der Waals surface area contributed by atoms with Crippen molar-refractivity contribution >= 4 is 32.7 Å². The average Bonchev–Trinajstić information content (AvgIpc) is 3.56. The maximum Gasteiger partial charge on any atom is 0.264 e. The average molecular weight is 576 g/mol. The van der Waals surface area contributed by atoms with Crippen molar-refractivity contribution < 1.29 is 27.5 Å². The molecule has 0 fully saturated rings. The van der Waals surface area contributed by atoms with E-state index in [1.54, 1.807) is 62.6 Å². The molecule has 0 saturated carbocycles. The number of fused-ring (bicyclic) bond motifs is 2. The third-order valence-electron chi connectivity index (χ3n) is 7.30. The van der Waals surface area contributed by atoms with Gasteiger partial charge in [0, 0.05) is 43.3 Å². The zero-order chi connectivity index (χ0) is 29.5. The van der Waals surface area contributed by atoms with Crippen LogP contribution in [0.3, 0.4) is 0 Å². The molecular weight excluding hydrogens is 542 g/mol. The largest absolute Gasteiger partial charge is 0.454 e. The lowest BCUT2D eigenvalue weighted by Crippen LogP contribution is -2.35. The minimum Gasteiger partial charge on any atom is -0.454 e. The van der Waals surface area contributed by atoms with Crippen molar-refractivity contribution in [1.29, 1.82) is 0 Å². The van der Waals surface area contributed by atoms with Gasteiger partial charge in [-0.2, -0.15) is 0 Å². The van der Waals surface area contributed by atoms with Crippen molar-refractivity contribution in [1.82, 2.24) is 14.2 Å². The number of nitrogens with zero attached hydrogens (tertiary/aromatic N) is 2. The molecule has 9 nitrogen and oxygen atoms in total. The van der Waals surface area contributed by atoms with Gasteiger partial charge in [-0.15, -0.1) is 0 Å². The maximum atomic E-state index is 14.0. The first-order chi connectivity index (χ1) is 19.5. The molecule has 1 unspecified atom stereocenters. The lowest BCUT2D eigenvalue weighted by Gasteiger charge is -2.18. The van der Waals surface area contributed by atoms with Gasteiger partial charge >= 0.3 is 0 Å². The van der Waals surface area contributed by atoms with Gasteiger partial charge in [0.15, 0.2) is 11.5 Å². The number of sulfonamides is 1. The number of hydrogen-bond acceptors (Lipinski definition) is 6. The highest BCUT2D eigenvalue weighted by atomic mass is 32.2. The van der Waals surface area contributed by atoms with E-state index in [9.17, 15) is 18.0 Å². The summed E-state index contributed by atoms with van der Waals surface area (Å²) in [6.45, 7) is 6.64. The molecule has 0 spiro atoms. The van der Waals surface area contributed by atoms with Gasteiger partial charge in [-0.05, 0) is 65.9 Å². The molecular formula is C31H33N3O6S. The molecule has 1 aromatic heterocycles. The van der Waals surface area contributed by atoms with Crippen LogP contribution in [0.25, 0.3) is 10.9 Å². The fourth-order valence-electron chi connectivity index (χ4n) is 5.05. The molecule has 0 saturated heterocycles. The van der Waals surface area contributed by atoms with Crippen LogP contribution in [0, 0.1) is 0 Å². The van der Waals surface area contributed by atoms with Crippen molar-refractivity contribution in [2.75, 3.05) is 20.9 Å². The molecule has 2 amide bonds. The molecule has 1 aliphatic rings. The number of aromatic nitrogens is 1. The number of carbonyl (C=O) groups is 2. The maximum absolute atomic E-state index is 14.0. The van der Waals surface area contributed by atoms with Crippen LogP contribution >= 0.6 is 0 Å². The van der Waals surface area contributed by atoms with Crippen LogP contribution in [0.4, 0.5) is 0 Å². The Labute approximate surface area is 239 Å². The van der Waals surface area contributed by atoms with E-state index in [4.69, 9.17) is 9.47 Å². The molecule has 1 atom stereocenters. The van der Waals surface area contributed by atoms with Crippen LogP contribution in [-0.2, 0) is 21.4 Å². The number of aryl methyl sites for hydroxylation is 1. The molecule has 0 radical (unpaired) electrons. The van der Waals surface area contributed by atoms with Crippen LogP contribution in [-0.4, -0.2) is 50.6 Å². The minimum atomic E-state index is -4.17. The number of hydrogen-bond donors (Lipinski definition) is 1. The van der Waals surface area contributed by atoms with Gasteiger partial charge < -0.3 is 18.9 Å². The molecule has 1 N–H and O–H groups in total. The second-order valence-electron chi connectivity index (χ2n) is 10.5. The lowest BCUT2D eigenvalue weighted by molar-refractivity contribution is -0.119. The predicted octanol–water partition coefficient (Wildman–Crippen LogP) is 4.85. The standard InChI is InChI=1S/C31H33N3O6S/c1-6-34-17-25(24-13-9-22(15-26(24)34)31(36)33(4)5)29(21-10-14-27-28(16-21)40-18-39-27)30(35)32-41(37,38)23-11-7-20(8-12-23)19(2)3/h7-17,19,29H,6,18H2,1-5H3,(H,32,35). The Hall–Kier alpha value is -4.31.